The number of rotatable bonds is 4. The van der Waals surface area contributed by atoms with Gasteiger partial charge in [-0.15, -0.1) is 0 Å². The van der Waals surface area contributed by atoms with Crippen LogP contribution in [0.3, 0.4) is 0 Å². The van der Waals surface area contributed by atoms with Gasteiger partial charge in [0.25, 0.3) is 0 Å². The van der Waals surface area contributed by atoms with E-state index in [4.69, 9.17) is 5.73 Å². The summed E-state index contributed by atoms with van der Waals surface area (Å²) in [6, 6.07) is 8.02. The number of benzene rings is 1. The molecule has 1 saturated heterocycles. The van der Waals surface area contributed by atoms with Gasteiger partial charge in [-0.3, -0.25) is 4.90 Å². The minimum absolute atomic E-state index is 0.415. The topological polar surface area (TPSA) is 29.3 Å². The molecule has 1 aliphatic carbocycles. The van der Waals surface area contributed by atoms with Gasteiger partial charge in [0.05, 0.1) is 0 Å². The van der Waals surface area contributed by atoms with Crippen LogP contribution in [-0.2, 0) is 0 Å². The molecule has 2 heteroatoms. The molecular formula is C19H30N2. The van der Waals surface area contributed by atoms with Crippen molar-refractivity contribution in [3.05, 3.63) is 34.9 Å². The third-order valence-corrected chi connectivity index (χ3v) is 5.70. The first-order valence-electron chi connectivity index (χ1n) is 8.73. The van der Waals surface area contributed by atoms with Crippen molar-refractivity contribution in [2.45, 2.75) is 64.5 Å². The smallest absolute Gasteiger partial charge is 0.0476 e. The van der Waals surface area contributed by atoms with Gasteiger partial charge >= 0.3 is 0 Å². The molecular weight excluding hydrogens is 256 g/mol. The molecule has 2 fully saturated rings. The van der Waals surface area contributed by atoms with Crippen molar-refractivity contribution >= 4 is 0 Å². The Kier molecular flexibility index (Phi) is 4.66. The lowest BCUT2D eigenvalue weighted by Gasteiger charge is -2.36. The Labute approximate surface area is 129 Å². The number of likely N-dealkylation sites (tertiary alicyclic amines) is 1. The summed E-state index contributed by atoms with van der Waals surface area (Å²) in [6.45, 7) is 6.40. The van der Waals surface area contributed by atoms with E-state index >= 15 is 0 Å². The Balaban J connectivity index is 1.86. The minimum Gasteiger partial charge on any atom is -0.329 e. The first-order valence-corrected chi connectivity index (χ1v) is 8.73. The number of nitrogens with two attached hydrogens (primary N) is 1. The van der Waals surface area contributed by atoms with Crippen LogP contribution in [0, 0.1) is 19.8 Å². The van der Waals surface area contributed by atoms with Crippen LogP contribution < -0.4 is 5.73 Å². The standard InChI is InChI=1S/C19H30N2/c1-14-9-10-15(2)17(12-14)19(13-20)21-11-5-8-18(21)16-6-3-4-7-16/h9-10,12,16,18-19H,3-8,11,13,20H2,1-2H3. The van der Waals surface area contributed by atoms with Gasteiger partial charge in [-0.25, -0.2) is 0 Å². The van der Waals surface area contributed by atoms with Gasteiger partial charge in [-0.1, -0.05) is 36.6 Å². The summed E-state index contributed by atoms with van der Waals surface area (Å²) in [5, 5.41) is 0. The Morgan fingerprint density at radius 1 is 1.14 bits per heavy atom. The zero-order valence-electron chi connectivity index (χ0n) is 13.6. The van der Waals surface area contributed by atoms with E-state index in [0.717, 1.165) is 18.5 Å². The van der Waals surface area contributed by atoms with Crippen LogP contribution >= 0.6 is 0 Å². The summed E-state index contributed by atoms with van der Waals surface area (Å²) in [5.74, 6) is 0.923. The van der Waals surface area contributed by atoms with Crippen LogP contribution in [0.25, 0.3) is 0 Å². The summed E-state index contributed by atoms with van der Waals surface area (Å²) in [5.41, 5.74) is 10.4. The Bertz CT molecular complexity index is 476. The van der Waals surface area contributed by atoms with Crippen molar-refractivity contribution in [1.29, 1.82) is 0 Å². The summed E-state index contributed by atoms with van der Waals surface area (Å²) in [7, 11) is 0. The molecule has 1 saturated carbocycles. The number of hydrogen-bond acceptors (Lipinski definition) is 2. The maximum absolute atomic E-state index is 6.22. The lowest BCUT2D eigenvalue weighted by atomic mass is 9.92. The van der Waals surface area contributed by atoms with Crippen LogP contribution in [-0.4, -0.2) is 24.0 Å². The highest BCUT2D eigenvalue weighted by Crippen LogP contribution is 2.39. The van der Waals surface area contributed by atoms with E-state index in [1.807, 2.05) is 0 Å². The molecule has 1 heterocycles. The van der Waals surface area contributed by atoms with E-state index in [1.165, 1.54) is 61.8 Å². The second-order valence-corrected chi connectivity index (χ2v) is 7.10. The van der Waals surface area contributed by atoms with Crippen molar-refractivity contribution in [1.82, 2.24) is 4.90 Å². The van der Waals surface area contributed by atoms with E-state index in [9.17, 15) is 0 Å². The van der Waals surface area contributed by atoms with Crippen LogP contribution in [0.4, 0.5) is 0 Å². The molecule has 2 unspecified atom stereocenters. The van der Waals surface area contributed by atoms with Gasteiger partial charge in [0.1, 0.15) is 0 Å². The average Bonchev–Trinajstić information content (AvgIpc) is 3.14. The maximum Gasteiger partial charge on any atom is 0.0476 e. The molecule has 0 radical (unpaired) electrons. The van der Waals surface area contributed by atoms with E-state index in [-0.39, 0.29) is 0 Å². The Morgan fingerprint density at radius 3 is 2.62 bits per heavy atom. The summed E-state index contributed by atoms with van der Waals surface area (Å²) >= 11 is 0. The molecule has 0 amide bonds. The number of hydrogen-bond donors (Lipinski definition) is 1. The molecule has 2 atom stereocenters. The third kappa shape index (κ3) is 3.02. The van der Waals surface area contributed by atoms with Crippen molar-refractivity contribution < 1.29 is 0 Å². The monoisotopic (exact) mass is 286 g/mol. The molecule has 2 nitrogen and oxygen atoms in total. The fraction of sp³-hybridized carbons (Fsp3) is 0.684. The molecule has 1 aliphatic heterocycles. The van der Waals surface area contributed by atoms with Gasteiger partial charge in [-0.05, 0) is 63.1 Å². The molecule has 0 spiro atoms. The lowest BCUT2D eigenvalue weighted by molar-refractivity contribution is 0.137. The normalized spacial score (nSPS) is 25.6. The SMILES string of the molecule is Cc1ccc(C)c(C(CN)N2CCCC2C2CCCC2)c1. The van der Waals surface area contributed by atoms with Crippen LogP contribution in [0.2, 0.25) is 0 Å². The second-order valence-electron chi connectivity index (χ2n) is 7.10. The number of nitrogens with zero attached hydrogens (tertiary/aromatic N) is 1. The lowest BCUT2D eigenvalue weighted by Crippen LogP contribution is -2.41. The molecule has 116 valence electrons. The second kappa shape index (κ2) is 6.50. The highest BCUT2D eigenvalue weighted by molar-refractivity contribution is 5.33. The summed E-state index contributed by atoms with van der Waals surface area (Å²) in [4.78, 5) is 2.75. The molecule has 2 N–H and O–H groups in total. The number of aryl methyl sites for hydroxylation is 2. The fourth-order valence-electron chi connectivity index (χ4n) is 4.61. The Morgan fingerprint density at radius 2 is 1.90 bits per heavy atom. The molecule has 0 bridgehead atoms. The highest BCUT2D eigenvalue weighted by Gasteiger charge is 2.37. The van der Waals surface area contributed by atoms with Gasteiger partial charge in [0, 0.05) is 18.6 Å². The van der Waals surface area contributed by atoms with Crippen molar-refractivity contribution in [3.63, 3.8) is 0 Å². The van der Waals surface area contributed by atoms with Gasteiger partial charge in [0.2, 0.25) is 0 Å². The molecule has 1 aromatic rings. The largest absolute Gasteiger partial charge is 0.329 e. The van der Waals surface area contributed by atoms with E-state index in [0.29, 0.717) is 6.04 Å². The Hall–Kier alpha value is -0.860. The summed E-state index contributed by atoms with van der Waals surface area (Å²) < 4.78 is 0. The highest BCUT2D eigenvalue weighted by atomic mass is 15.2. The van der Waals surface area contributed by atoms with Gasteiger partial charge in [0.15, 0.2) is 0 Å². The zero-order chi connectivity index (χ0) is 14.8. The van der Waals surface area contributed by atoms with E-state index in [1.54, 1.807) is 0 Å². The summed E-state index contributed by atoms with van der Waals surface area (Å²) in [6.07, 6.45) is 8.47. The quantitative estimate of drug-likeness (QED) is 0.908. The maximum atomic E-state index is 6.22. The van der Waals surface area contributed by atoms with Gasteiger partial charge in [-0.2, -0.15) is 0 Å². The first kappa shape index (κ1) is 15.1. The third-order valence-electron chi connectivity index (χ3n) is 5.70. The van der Waals surface area contributed by atoms with Crippen molar-refractivity contribution in [2.75, 3.05) is 13.1 Å². The molecule has 3 rings (SSSR count). The minimum atomic E-state index is 0.415. The molecule has 21 heavy (non-hydrogen) atoms. The van der Waals surface area contributed by atoms with Crippen LogP contribution in [0.5, 0.6) is 0 Å². The van der Waals surface area contributed by atoms with Gasteiger partial charge < -0.3 is 5.73 Å². The predicted octanol–water partition coefficient (Wildman–Crippen LogP) is 3.96. The first-order chi connectivity index (χ1) is 10.2. The fourth-order valence-corrected chi connectivity index (χ4v) is 4.61. The molecule has 2 aliphatic rings. The van der Waals surface area contributed by atoms with Crippen molar-refractivity contribution in [3.8, 4) is 0 Å². The average molecular weight is 286 g/mol. The molecule has 0 aromatic heterocycles. The van der Waals surface area contributed by atoms with Crippen molar-refractivity contribution in [2.24, 2.45) is 11.7 Å². The zero-order valence-corrected chi connectivity index (χ0v) is 13.6. The molecule has 1 aromatic carbocycles. The van der Waals surface area contributed by atoms with E-state index in [2.05, 4.69) is 36.9 Å². The predicted molar refractivity (Wildman–Crippen MR) is 89.4 cm³/mol. The van der Waals surface area contributed by atoms with Crippen LogP contribution in [0.15, 0.2) is 18.2 Å². The van der Waals surface area contributed by atoms with E-state index < -0.39 is 0 Å². The van der Waals surface area contributed by atoms with Crippen LogP contribution in [0.1, 0.15) is 61.3 Å².